The second-order valence-corrected chi connectivity index (χ2v) is 3.26. The lowest BCUT2D eigenvalue weighted by atomic mass is 10.3. The molecular weight excluding hydrogens is 229 g/mol. The quantitative estimate of drug-likeness (QED) is 0.552. The summed E-state index contributed by atoms with van der Waals surface area (Å²) in [4.78, 5) is 14.7. The second-order valence-electron chi connectivity index (χ2n) is 2.02. The van der Waals surface area contributed by atoms with Gasteiger partial charge in [-0.3, -0.25) is 4.79 Å². The van der Waals surface area contributed by atoms with Crippen molar-refractivity contribution in [1.82, 2.24) is 4.98 Å². The van der Waals surface area contributed by atoms with Crippen molar-refractivity contribution in [2.45, 2.75) is 6.92 Å². The molecule has 0 amide bonds. The highest BCUT2D eigenvalue weighted by Gasteiger charge is 2.06. The summed E-state index contributed by atoms with van der Waals surface area (Å²) in [6.07, 6.45) is 0. The lowest BCUT2D eigenvalue weighted by Gasteiger charge is -1.97. The molecule has 0 saturated heterocycles. The molecule has 4 heteroatoms. The van der Waals surface area contributed by atoms with Gasteiger partial charge in [-0.25, -0.2) is 4.98 Å². The van der Waals surface area contributed by atoms with Crippen molar-refractivity contribution in [2.24, 2.45) is 0 Å². The number of hydrogen-bond acceptors (Lipinski definition) is 2. The Morgan fingerprint density at radius 1 is 1.64 bits per heavy atom. The monoisotopic (exact) mass is 233 g/mol. The number of carbonyl (C=O) groups is 1. The van der Waals surface area contributed by atoms with E-state index in [1.807, 2.05) is 0 Å². The zero-order valence-corrected chi connectivity index (χ0v) is 8.11. The molecule has 1 aromatic heterocycles. The number of pyridine rings is 1. The Morgan fingerprint density at radius 3 is 2.73 bits per heavy atom. The van der Waals surface area contributed by atoms with E-state index in [1.54, 1.807) is 12.1 Å². The lowest BCUT2D eigenvalue weighted by Crippen LogP contribution is -1.97. The van der Waals surface area contributed by atoms with Crippen molar-refractivity contribution in [2.75, 3.05) is 0 Å². The van der Waals surface area contributed by atoms with Crippen molar-refractivity contribution >= 4 is 33.3 Å². The molecule has 0 radical (unpaired) electrons. The van der Waals surface area contributed by atoms with Gasteiger partial charge in [0.15, 0.2) is 5.78 Å². The minimum atomic E-state index is -0.0978. The molecule has 1 heterocycles. The van der Waals surface area contributed by atoms with Crippen LogP contribution in [0.4, 0.5) is 0 Å². The van der Waals surface area contributed by atoms with Crippen LogP contribution in [-0.2, 0) is 0 Å². The summed E-state index contributed by atoms with van der Waals surface area (Å²) in [5.74, 6) is -0.0978. The van der Waals surface area contributed by atoms with Crippen molar-refractivity contribution in [1.29, 1.82) is 0 Å². The van der Waals surface area contributed by atoms with Crippen molar-refractivity contribution in [3.8, 4) is 0 Å². The molecule has 1 rings (SSSR count). The van der Waals surface area contributed by atoms with E-state index < -0.39 is 0 Å². The van der Waals surface area contributed by atoms with Crippen molar-refractivity contribution in [3.05, 3.63) is 27.5 Å². The summed E-state index contributed by atoms with van der Waals surface area (Å²) in [5, 5.41) is 0.332. The zero-order chi connectivity index (χ0) is 8.43. The maximum absolute atomic E-state index is 10.9. The molecule has 0 N–H and O–H groups in total. The molecule has 0 aliphatic carbocycles. The fourth-order valence-corrected chi connectivity index (χ4v) is 1.31. The zero-order valence-electron chi connectivity index (χ0n) is 5.77. The van der Waals surface area contributed by atoms with Gasteiger partial charge in [-0.05, 0) is 28.1 Å². The minimum absolute atomic E-state index is 0.0978. The summed E-state index contributed by atoms with van der Waals surface area (Å²) < 4.78 is 0.675. The molecule has 58 valence electrons. The molecule has 0 fully saturated rings. The van der Waals surface area contributed by atoms with Gasteiger partial charge >= 0.3 is 0 Å². The van der Waals surface area contributed by atoms with E-state index >= 15 is 0 Å². The van der Waals surface area contributed by atoms with Crippen LogP contribution in [0, 0.1) is 0 Å². The van der Waals surface area contributed by atoms with Crippen molar-refractivity contribution < 1.29 is 4.79 Å². The predicted molar refractivity (Wildman–Crippen MR) is 47.0 cm³/mol. The van der Waals surface area contributed by atoms with Gasteiger partial charge in [0.1, 0.15) is 10.8 Å². The number of carbonyl (C=O) groups excluding carboxylic acids is 1. The number of halogens is 2. The SMILES string of the molecule is CC(=O)c1nc(Cl)ccc1Br. The first kappa shape index (κ1) is 8.68. The first-order valence-corrected chi connectivity index (χ1v) is 4.11. The fourth-order valence-electron chi connectivity index (χ4n) is 0.665. The Balaban J connectivity index is 3.23. The van der Waals surface area contributed by atoms with Crippen LogP contribution in [0.15, 0.2) is 16.6 Å². The van der Waals surface area contributed by atoms with Gasteiger partial charge in [0.25, 0.3) is 0 Å². The highest BCUT2D eigenvalue weighted by molar-refractivity contribution is 9.10. The summed E-state index contributed by atoms with van der Waals surface area (Å²) in [5.41, 5.74) is 0.373. The Hall–Kier alpha value is -0.410. The van der Waals surface area contributed by atoms with Gasteiger partial charge in [-0.2, -0.15) is 0 Å². The third-order valence-electron chi connectivity index (χ3n) is 1.15. The number of hydrogen-bond donors (Lipinski definition) is 0. The number of nitrogens with zero attached hydrogens (tertiary/aromatic N) is 1. The Morgan fingerprint density at radius 2 is 2.27 bits per heavy atom. The van der Waals surface area contributed by atoms with Crippen LogP contribution in [0.2, 0.25) is 5.15 Å². The third kappa shape index (κ3) is 2.01. The van der Waals surface area contributed by atoms with E-state index in [0.29, 0.717) is 15.3 Å². The first-order valence-electron chi connectivity index (χ1n) is 2.94. The molecule has 0 aliphatic rings. The van der Waals surface area contributed by atoms with Gasteiger partial charge < -0.3 is 0 Å². The number of Topliss-reactive ketones (excluding diaryl/α,β-unsaturated/α-hetero) is 1. The topological polar surface area (TPSA) is 30.0 Å². The summed E-state index contributed by atoms with van der Waals surface area (Å²) in [6, 6.07) is 3.32. The second kappa shape index (κ2) is 3.32. The van der Waals surface area contributed by atoms with E-state index in [4.69, 9.17) is 11.6 Å². The van der Waals surface area contributed by atoms with Gasteiger partial charge in [-0.1, -0.05) is 11.6 Å². The molecule has 0 atom stereocenters. The average Bonchev–Trinajstić information content (AvgIpc) is 1.94. The highest BCUT2D eigenvalue weighted by atomic mass is 79.9. The molecule has 0 aromatic carbocycles. The van der Waals surface area contributed by atoms with E-state index in [0.717, 1.165) is 0 Å². The van der Waals surface area contributed by atoms with Crippen LogP contribution in [0.1, 0.15) is 17.4 Å². The Kier molecular flexibility index (Phi) is 2.62. The molecule has 2 nitrogen and oxygen atoms in total. The minimum Gasteiger partial charge on any atom is -0.293 e. The first-order chi connectivity index (χ1) is 5.11. The van der Waals surface area contributed by atoms with Crippen LogP contribution in [0.5, 0.6) is 0 Å². The van der Waals surface area contributed by atoms with E-state index in [9.17, 15) is 4.79 Å². The smallest absolute Gasteiger partial charge is 0.179 e. The van der Waals surface area contributed by atoms with Gasteiger partial charge in [0.2, 0.25) is 0 Å². The Labute approximate surface area is 77.7 Å². The molecule has 0 bridgehead atoms. The molecule has 0 saturated carbocycles. The summed E-state index contributed by atoms with van der Waals surface area (Å²) in [7, 11) is 0. The normalized spacial score (nSPS) is 9.73. The van der Waals surface area contributed by atoms with Crippen LogP contribution in [-0.4, -0.2) is 10.8 Å². The third-order valence-corrected chi connectivity index (χ3v) is 2.00. The number of rotatable bonds is 1. The van der Waals surface area contributed by atoms with E-state index in [1.165, 1.54) is 6.92 Å². The van der Waals surface area contributed by atoms with Gasteiger partial charge in [0, 0.05) is 11.4 Å². The van der Waals surface area contributed by atoms with Crippen LogP contribution in [0.3, 0.4) is 0 Å². The molecule has 11 heavy (non-hydrogen) atoms. The molecule has 0 spiro atoms. The van der Waals surface area contributed by atoms with Gasteiger partial charge in [0.05, 0.1) is 0 Å². The molecule has 1 aromatic rings. The highest BCUT2D eigenvalue weighted by Crippen LogP contribution is 2.17. The molecule has 0 aliphatic heterocycles. The average molecular weight is 234 g/mol. The molecular formula is C7H5BrClNO. The van der Waals surface area contributed by atoms with Crippen molar-refractivity contribution in [3.63, 3.8) is 0 Å². The number of aromatic nitrogens is 1. The standard InChI is InChI=1S/C7H5BrClNO/c1-4(11)7-5(8)2-3-6(9)10-7/h2-3H,1H3. The van der Waals surface area contributed by atoms with Crippen LogP contribution in [0.25, 0.3) is 0 Å². The largest absolute Gasteiger partial charge is 0.293 e. The maximum Gasteiger partial charge on any atom is 0.179 e. The molecule has 0 unspecified atom stereocenters. The summed E-state index contributed by atoms with van der Waals surface area (Å²) >= 11 is 8.77. The summed E-state index contributed by atoms with van der Waals surface area (Å²) in [6.45, 7) is 1.45. The van der Waals surface area contributed by atoms with Gasteiger partial charge in [-0.15, -0.1) is 0 Å². The van der Waals surface area contributed by atoms with E-state index in [-0.39, 0.29) is 5.78 Å². The lowest BCUT2D eigenvalue weighted by molar-refractivity contribution is 0.101. The fraction of sp³-hybridized carbons (Fsp3) is 0.143. The predicted octanol–water partition coefficient (Wildman–Crippen LogP) is 2.70. The van der Waals surface area contributed by atoms with Crippen LogP contribution < -0.4 is 0 Å². The number of ketones is 1. The maximum atomic E-state index is 10.9. The Bertz CT molecular complexity index is 300. The van der Waals surface area contributed by atoms with Crippen LogP contribution >= 0.6 is 27.5 Å². The van der Waals surface area contributed by atoms with E-state index in [2.05, 4.69) is 20.9 Å².